The summed E-state index contributed by atoms with van der Waals surface area (Å²) in [5, 5.41) is 8.73. The number of benzene rings is 1. The van der Waals surface area contributed by atoms with Crippen molar-refractivity contribution >= 4 is 5.91 Å². The molecule has 6 heteroatoms. The summed E-state index contributed by atoms with van der Waals surface area (Å²) in [7, 11) is 4.14. The van der Waals surface area contributed by atoms with E-state index < -0.39 is 5.91 Å². The van der Waals surface area contributed by atoms with Crippen LogP contribution >= 0.6 is 0 Å². The lowest BCUT2D eigenvalue weighted by Crippen LogP contribution is -2.41. The van der Waals surface area contributed by atoms with Crippen LogP contribution in [0.4, 0.5) is 4.39 Å². The molecular formula is C18H28FN3O2. The number of carbonyl (C=O) groups excluding carboxylic acids is 1. The van der Waals surface area contributed by atoms with Crippen molar-refractivity contribution in [3.8, 4) is 0 Å². The Kier molecular flexibility index (Phi) is 6.71. The second-order valence-electron chi connectivity index (χ2n) is 6.79. The van der Waals surface area contributed by atoms with Crippen molar-refractivity contribution in [3.63, 3.8) is 0 Å². The van der Waals surface area contributed by atoms with Crippen LogP contribution in [0.2, 0.25) is 0 Å². The minimum Gasteiger partial charge on any atom is -0.309 e. The van der Waals surface area contributed by atoms with E-state index in [9.17, 15) is 9.18 Å². The number of nitrogens with zero attached hydrogens (tertiary/aromatic N) is 2. The van der Waals surface area contributed by atoms with Crippen molar-refractivity contribution in [2.45, 2.75) is 45.2 Å². The van der Waals surface area contributed by atoms with Crippen LogP contribution < -0.4 is 5.48 Å². The first-order chi connectivity index (χ1) is 11.5. The Balaban J connectivity index is 2.16. The van der Waals surface area contributed by atoms with Crippen molar-refractivity contribution in [2.75, 3.05) is 27.2 Å². The molecule has 1 aliphatic rings. The molecule has 0 fully saturated rings. The quantitative estimate of drug-likeness (QED) is 0.593. The summed E-state index contributed by atoms with van der Waals surface area (Å²) in [5.74, 6) is -1.03. The molecule has 2 rings (SSSR count). The molecule has 134 valence electrons. The number of rotatable bonds is 7. The molecule has 1 heterocycles. The molecule has 0 aromatic heterocycles. The first-order valence-electron chi connectivity index (χ1n) is 8.60. The first kappa shape index (κ1) is 18.8. The van der Waals surface area contributed by atoms with Crippen LogP contribution in [-0.2, 0) is 13.0 Å². The maximum Gasteiger partial charge on any atom is 0.274 e. The average Bonchev–Trinajstić information content (AvgIpc) is 2.57. The fraction of sp³-hybridized carbons (Fsp3) is 0.611. The molecule has 0 spiro atoms. The predicted molar refractivity (Wildman–Crippen MR) is 91.6 cm³/mol. The fourth-order valence-electron chi connectivity index (χ4n) is 3.40. The van der Waals surface area contributed by atoms with E-state index in [-0.39, 0.29) is 11.4 Å². The van der Waals surface area contributed by atoms with E-state index in [0.29, 0.717) is 18.2 Å². The van der Waals surface area contributed by atoms with E-state index in [1.807, 2.05) is 0 Å². The first-order valence-corrected chi connectivity index (χ1v) is 8.60. The number of halogens is 1. The number of hydroxylamine groups is 1. The van der Waals surface area contributed by atoms with E-state index in [1.165, 1.54) is 6.07 Å². The molecule has 1 atom stereocenters. The highest BCUT2D eigenvalue weighted by atomic mass is 19.1. The SMILES string of the molecule is CCCC(CCN(C)C)N1CCc2cc(C(=O)NO)cc(F)c2C1. The number of hydrogen-bond acceptors (Lipinski definition) is 4. The topological polar surface area (TPSA) is 55.8 Å². The summed E-state index contributed by atoms with van der Waals surface area (Å²) >= 11 is 0. The molecule has 1 aromatic rings. The number of amides is 1. The van der Waals surface area contributed by atoms with Crippen molar-refractivity contribution in [1.82, 2.24) is 15.3 Å². The highest BCUT2D eigenvalue weighted by Crippen LogP contribution is 2.27. The van der Waals surface area contributed by atoms with Crippen LogP contribution in [0.25, 0.3) is 0 Å². The van der Waals surface area contributed by atoms with Crippen LogP contribution in [0.3, 0.4) is 0 Å². The third kappa shape index (κ3) is 4.53. The van der Waals surface area contributed by atoms with Gasteiger partial charge in [-0.3, -0.25) is 14.9 Å². The smallest absolute Gasteiger partial charge is 0.274 e. The van der Waals surface area contributed by atoms with E-state index in [2.05, 4.69) is 30.8 Å². The third-order valence-corrected chi connectivity index (χ3v) is 4.73. The van der Waals surface area contributed by atoms with E-state index >= 15 is 0 Å². The molecular weight excluding hydrogens is 309 g/mol. The van der Waals surface area contributed by atoms with E-state index in [0.717, 1.165) is 44.3 Å². The maximum absolute atomic E-state index is 14.5. The molecule has 1 unspecified atom stereocenters. The van der Waals surface area contributed by atoms with Gasteiger partial charge in [0.2, 0.25) is 0 Å². The fourth-order valence-corrected chi connectivity index (χ4v) is 3.40. The van der Waals surface area contributed by atoms with Crippen LogP contribution in [-0.4, -0.2) is 54.1 Å². The lowest BCUT2D eigenvalue weighted by atomic mass is 9.94. The molecule has 1 amide bonds. The second kappa shape index (κ2) is 8.55. The summed E-state index contributed by atoms with van der Waals surface area (Å²) < 4.78 is 14.5. The Hall–Kier alpha value is -1.50. The second-order valence-corrected chi connectivity index (χ2v) is 6.79. The lowest BCUT2D eigenvalue weighted by Gasteiger charge is -2.36. The van der Waals surface area contributed by atoms with Crippen LogP contribution in [0.1, 0.15) is 47.7 Å². The Morgan fingerprint density at radius 2 is 2.17 bits per heavy atom. The monoisotopic (exact) mass is 337 g/mol. The minimum absolute atomic E-state index is 0.167. The minimum atomic E-state index is -0.672. The summed E-state index contributed by atoms with van der Waals surface area (Å²) in [6, 6.07) is 3.35. The third-order valence-electron chi connectivity index (χ3n) is 4.73. The highest BCUT2D eigenvalue weighted by molar-refractivity contribution is 5.93. The van der Waals surface area contributed by atoms with Gasteiger partial charge in [0.15, 0.2) is 0 Å². The summed E-state index contributed by atoms with van der Waals surface area (Å²) in [5.41, 5.74) is 3.28. The predicted octanol–water partition coefficient (Wildman–Crippen LogP) is 2.42. The number of carbonyl (C=O) groups is 1. The van der Waals surface area contributed by atoms with E-state index in [1.54, 1.807) is 11.5 Å². The van der Waals surface area contributed by atoms with Gasteiger partial charge >= 0.3 is 0 Å². The highest BCUT2D eigenvalue weighted by Gasteiger charge is 2.26. The average molecular weight is 337 g/mol. The number of nitrogens with one attached hydrogen (secondary N) is 1. The van der Waals surface area contributed by atoms with E-state index in [4.69, 9.17) is 5.21 Å². The standard InChI is InChI=1S/C18H28FN3O2/c1-4-5-15(7-8-21(2)3)22-9-6-13-10-14(18(23)20-24)11-17(19)16(13)12-22/h10-11,15,24H,4-9,12H2,1-3H3,(H,20,23). The van der Waals surface area contributed by atoms with Gasteiger partial charge < -0.3 is 4.90 Å². The van der Waals surface area contributed by atoms with Gasteiger partial charge in [0.05, 0.1) is 0 Å². The number of fused-ring (bicyclic) bond motifs is 1. The van der Waals surface area contributed by atoms with Crippen molar-refractivity contribution in [2.24, 2.45) is 0 Å². The van der Waals surface area contributed by atoms with Crippen molar-refractivity contribution in [1.29, 1.82) is 0 Å². The van der Waals surface area contributed by atoms with Gasteiger partial charge in [-0.15, -0.1) is 0 Å². The van der Waals surface area contributed by atoms with Gasteiger partial charge in [-0.25, -0.2) is 9.87 Å². The summed E-state index contributed by atoms with van der Waals surface area (Å²) in [6.45, 7) is 4.65. The van der Waals surface area contributed by atoms with Gasteiger partial charge in [0.25, 0.3) is 5.91 Å². The summed E-state index contributed by atoms with van der Waals surface area (Å²) in [6.07, 6.45) is 4.01. The largest absolute Gasteiger partial charge is 0.309 e. The van der Waals surface area contributed by atoms with Crippen LogP contribution in [0.5, 0.6) is 0 Å². The molecule has 2 N–H and O–H groups in total. The van der Waals surface area contributed by atoms with Gasteiger partial charge in [0.1, 0.15) is 5.82 Å². The Labute approximate surface area is 143 Å². The summed E-state index contributed by atoms with van der Waals surface area (Å²) in [4.78, 5) is 16.1. The molecule has 1 aliphatic heterocycles. The molecule has 1 aromatic carbocycles. The van der Waals surface area contributed by atoms with Gasteiger partial charge in [-0.05, 0) is 57.6 Å². The molecule has 0 bridgehead atoms. The lowest BCUT2D eigenvalue weighted by molar-refractivity contribution is 0.0705. The molecule has 0 aliphatic carbocycles. The molecule has 24 heavy (non-hydrogen) atoms. The number of hydrogen-bond donors (Lipinski definition) is 2. The molecule has 0 saturated heterocycles. The zero-order valence-corrected chi connectivity index (χ0v) is 14.8. The molecule has 5 nitrogen and oxygen atoms in total. The van der Waals surface area contributed by atoms with Gasteiger partial charge in [-0.1, -0.05) is 13.3 Å². The maximum atomic E-state index is 14.5. The van der Waals surface area contributed by atoms with Crippen LogP contribution in [0, 0.1) is 5.82 Å². The zero-order valence-electron chi connectivity index (χ0n) is 14.8. The Bertz CT molecular complexity index is 578. The van der Waals surface area contributed by atoms with Crippen molar-refractivity contribution in [3.05, 3.63) is 34.6 Å². The zero-order chi connectivity index (χ0) is 17.7. The van der Waals surface area contributed by atoms with Crippen LogP contribution in [0.15, 0.2) is 12.1 Å². The molecule has 0 saturated carbocycles. The Morgan fingerprint density at radius 1 is 1.42 bits per heavy atom. The van der Waals surface area contributed by atoms with Gasteiger partial charge in [-0.2, -0.15) is 0 Å². The van der Waals surface area contributed by atoms with Gasteiger partial charge in [0, 0.05) is 30.3 Å². The Morgan fingerprint density at radius 3 is 2.79 bits per heavy atom. The normalized spacial score (nSPS) is 16.1. The van der Waals surface area contributed by atoms with Crippen molar-refractivity contribution < 1.29 is 14.4 Å². The molecule has 0 radical (unpaired) electrons.